The maximum atomic E-state index is 15.9. The highest BCUT2D eigenvalue weighted by molar-refractivity contribution is 6.07. The molecule has 3 aromatic rings. The van der Waals surface area contributed by atoms with E-state index in [0.717, 1.165) is 36.9 Å². The van der Waals surface area contributed by atoms with Crippen LogP contribution >= 0.6 is 0 Å². The monoisotopic (exact) mass is 644 g/mol. The van der Waals surface area contributed by atoms with Crippen LogP contribution < -0.4 is 20.7 Å². The van der Waals surface area contributed by atoms with E-state index in [-0.39, 0.29) is 23.3 Å². The highest BCUT2D eigenvalue weighted by Crippen LogP contribution is 2.37. The van der Waals surface area contributed by atoms with Crippen LogP contribution in [0.2, 0.25) is 0 Å². The number of carbonyl (C=O) groups is 1. The number of halogens is 4. The average molecular weight is 645 g/mol. The molecule has 0 aliphatic carbocycles. The SMILES string of the molecule is CC(C)N1CCN(c2ncc(-c3cc(NC(=O)c4cn(C)c(=O)cc4C(F)(F)F)c(N4C[C@@H](C)N(C)[C@@H](C)C4)cc3F)cn2)CC1. The smallest absolute Gasteiger partial charge is 0.367 e. The number of pyridine rings is 1. The highest BCUT2D eigenvalue weighted by Gasteiger charge is 2.37. The highest BCUT2D eigenvalue weighted by atomic mass is 19.4. The molecule has 2 fully saturated rings. The van der Waals surface area contributed by atoms with Crippen molar-refractivity contribution in [3.63, 3.8) is 0 Å². The zero-order chi connectivity index (χ0) is 33.5. The molecule has 46 heavy (non-hydrogen) atoms. The number of piperazine rings is 2. The first-order chi connectivity index (χ1) is 21.6. The van der Waals surface area contributed by atoms with Crippen molar-refractivity contribution in [3.8, 4) is 11.1 Å². The summed E-state index contributed by atoms with van der Waals surface area (Å²) in [4.78, 5) is 43.1. The largest absolute Gasteiger partial charge is 0.417 e. The van der Waals surface area contributed by atoms with Gasteiger partial charge in [-0.3, -0.25) is 19.4 Å². The van der Waals surface area contributed by atoms with E-state index in [4.69, 9.17) is 0 Å². The number of nitrogens with one attached hydrogen (secondary N) is 1. The summed E-state index contributed by atoms with van der Waals surface area (Å²) >= 11 is 0. The number of carbonyl (C=O) groups excluding carboxylic acids is 1. The maximum absolute atomic E-state index is 15.9. The van der Waals surface area contributed by atoms with Gasteiger partial charge in [0.15, 0.2) is 0 Å². The van der Waals surface area contributed by atoms with Crippen LogP contribution in [0.4, 0.5) is 34.9 Å². The Labute approximate surface area is 265 Å². The van der Waals surface area contributed by atoms with Gasteiger partial charge in [0.25, 0.3) is 11.5 Å². The minimum absolute atomic E-state index is 0.0823. The molecule has 2 saturated heterocycles. The van der Waals surface area contributed by atoms with Gasteiger partial charge in [-0.25, -0.2) is 14.4 Å². The zero-order valence-corrected chi connectivity index (χ0v) is 26.9. The topological polar surface area (TPSA) is 89.8 Å². The number of nitrogens with zero attached hydrogens (tertiary/aromatic N) is 7. The molecule has 0 saturated carbocycles. The second-order valence-corrected chi connectivity index (χ2v) is 12.5. The number of likely N-dealkylation sites (N-methyl/N-ethyl adjacent to an activating group) is 1. The predicted octanol–water partition coefficient (Wildman–Crippen LogP) is 4.31. The Balaban J connectivity index is 1.52. The molecule has 14 heteroatoms. The lowest BCUT2D eigenvalue weighted by Gasteiger charge is -2.44. The molecular formula is C32H40F4N8O2. The van der Waals surface area contributed by atoms with Gasteiger partial charge in [-0.05, 0) is 46.9 Å². The molecule has 0 radical (unpaired) electrons. The van der Waals surface area contributed by atoms with Crippen molar-refractivity contribution >= 4 is 23.2 Å². The van der Waals surface area contributed by atoms with Gasteiger partial charge in [-0.2, -0.15) is 13.2 Å². The van der Waals surface area contributed by atoms with Crippen LogP contribution in [0.3, 0.4) is 0 Å². The molecule has 5 rings (SSSR count). The fraction of sp³-hybridized carbons (Fsp3) is 0.500. The molecular weight excluding hydrogens is 604 g/mol. The van der Waals surface area contributed by atoms with Crippen LogP contribution in [0.25, 0.3) is 11.1 Å². The van der Waals surface area contributed by atoms with Crippen molar-refractivity contribution in [1.82, 2.24) is 24.3 Å². The van der Waals surface area contributed by atoms with Crippen LogP contribution in [-0.2, 0) is 13.2 Å². The Kier molecular flexibility index (Phi) is 9.41. The van der Waals surface area contributed by atoms with Gasteiger partial charge in [0.2, 0.25) is 5.95 Å². The quantitative estimate of drug-likeness (QED) is 0.398. The summed E-state index contributed by atoms with van der Waals surface area (Å²) in [7, 11) is 3.26. The summed E-state index contributed by atoms with van der Waals surface area (Å²) in [6.45, 7) is 12.6. The number of amides is 1. The van der Waals surface area contributed by atoms with E-state index in [1.54, 1.807) is 0 Å². The normalized spacial score (nSPS) is 20.0. The first-order valence-corrected chi connectivity index (χ1v) is 15.3. The second-order valence-electron chi connectivity index (χ2n) is 12.5. The van der Waals surface area contributed by atoms with E-state index >= 15 is 4.39 Å². The molecule has 1 amide bonds. The zero-order valence-electron chi connectivity index (χ0n) is 26.9. The van der Waals surface area contributed by atoms with Gasteiger partial charge in [0.05, 0.1) is 22.5 Å². The van der Waals surface area contributed by atoms with Crippen molar-refractivity contribution in [2.75, 3.05) is 61.4 Å². The lowest BCUT2D eigenvalue weighted by atomic mass is 10.0. The molecule has 0 spiro atoms. The number of aromatic nitrogens is 3. The molecule has 10 nitrogen and oxygen atoms in total. The third-order valence-electron chi connectivity index (χ3n) is 9.09. The Morgan fingerprint density at radius 3 is 2.13 bits per heavy atom. The van der Waals surface area contributed by atoms with Crippen LogP contribution in [0.1, 0.15) is 43.6 Å². The Morgan fingerprint density at radius 1 is 0.957 bits per heavy atom. The summed E-state index contributed by atoms with van der Waals surface area (Å²) in [5, 5.41) is 2.61. The molecule has 2 aromatic heterocycles. The molecule has 2 aliphatic rings. The summed E-state index contributed by atoms with van der Waals surface area (Å²) in [6.07, 6.45) is -1.07. The summed E-state index contributed by atoms with van der Waals surface area (Å²) in [5.41, 5.74) is -2.08. The maximum Gasteiger partial charge on any atom is 0.417 e. The van der Waals surface area contributed by atoms with Crippen LogP contribution in [0, 0.1) is 5.82 Å². The van der Waals surface area contributed by atoms with Crippen molar-refractivity contribution < 1.29 is 22.4 Å². The number of aryl methyl sites for hydroxylation is 1. The van der Waals surface area contributed by atoms with E-state index < -0.39 is 34.6 Å². The number of anilines is 3. The van der Waals surface area contributed by atoms with E-state index in [0.29, 0.717) is 42.4 Å². The number of benzene rings is 1. The Morgan fingerprint density at radius 2 is 1.57 bits per heavy atom. The average Bonchev–Trinajstić information content (AvgIpc) is 3.01. The van der Waals surface area contributed by atoms with Crippen molar-refractivity contribution in [2.24, 2.45) is 7.05 Å². The van der Waals surface area contributed by atoms with E-state index in [1.807, 2.05) is 25.8 Å². The summed E-state index contributed by atoms with van der Waals surface area (Å²) < 4.78 is 58.5. The van der Waals surface area contributed by atoms with Crippen LogP contribution in [-0.4, -0.2) is 94.7 Å². The van der Waals surface area contributed by atoms with Gasteiger partial charge in [0.1, 0.15) is 5.82 Å². The molecule has 1 aromatic carbocycles. The minimum Gasteiger partial charge on any atom is -0.367 e. The van der Waals surface area contributed by atoms with Gasteiger partial charge in [0, 0.05) is 100 Å². The third-order valence-corrected chi connectivity index (χ3v) is 9.09. The molecule has 2 aliphatic heterocycles. The van der Waals surface area contributed by atoms with E-state index in [2.05, 4.69) is 43.8 Å². The molecule has 0 bridgehead atoms. The molecule has 0 unspecified atom stereocenters. The van der Waals surface area contributed by atoms with Crippen LogP contribution in [0.15, 0.2) is 41.6 Å². The van der Waals surface area contributed by atoms with Crippen molar-refractivity contribution in [2.45, 2.75) is 52.0 Å². The molecule has 4 heterocycles. The fourth-order valence-electron chi connectivity index (χ4n) is 6.04. The van der Waals surface area contributed by atoms with E-state index in [9.17, 15) is 22.8 Å². The standard InChI is InChI=1S/C32H40F4N8O2/c1-19(2)42-7-9-43(10-8-42)31-37-14-22(15-38-31)23-11-27(28(13-26(23)33)44-16-20(3)41(6)21(4)17-44)39-30(46)24-18-40(5)29(45)12-25(24)32(34,35)36/h11-15,18-21H,7-10,16-17H2,1-6H3,(H,39,46)/t20-,21+. The molecule has 1 N–H and O–H groups in total. The lowest BCUT2D eigenvalue weighted by Crippen LogP contribution is -2.55. The number of hydrogen-bond acceptors (Lipinski definition) is 8. The summed E-state index contributed by atoms with van der Waals surface area (Å²) in [5.74, 6) is -1.15. The van der Waals surface area contributed by atoms with Gasteiger partial charge < -0.3 is 19.7 Å². The third kappa shape index (κ3) is 6.87. The Hall–Kier alpha value is -4.04. The molecule has 248 valence electrons. The Bertz CT molecular complexity index is 1620. The van der Waals surface area contributed by atoms with Gasteiger partial charge in [-0.15, -0.1) is 0 Å². The van der Waals surface area contributed by atoms with Crippen LogP contribution in [0.5, 0.6) is 0 Å². The van der Waals surface area contributed by atoms with Gasteiger partial charge in [-0.1, -0.05) is 0 Å². The van der Waals surface area contributed by atoms with E-state index in [1.165, 1.54) is 31.6 Å². The number of rotatable bonds is 6. The fourth-order valence-corrected chi connectivity index (χ4v) is 6.04. The molecule has 2 atom stereocenters. The first kappa shape index (κ1) is 33.3. The van der Waals surface area contributed by atoms with Crippen molar-refractivity contribution in [3.05, 3.63) is 64.1 Å². The predicted molar refractivity (Wildman–Crippen MR) is 170 cm³/mol. The van der Waals surface area contributed by atoms with Gasteiger partial charge >= 0.3 is 6.18 Å². The number of hydrogen-bond donors (Lipinski definition) is 1. The number of alkyl halides is 3. The van der Waals surface area contributed by atoms with Crippen molar-refractivity contribution in [1.29, 1.82) is 0 Å². The summed E-state index contributed by atoms with van der Waals surface area (Å²) in [6, 6.07) is 3.71. The minimum atomic E-state index is -4.94. The second kappa shape index (κ2) is 13.0. The lowest BCUT2D eigenvalue weighted by molar-refractivity contribution is -0.138. The first-order valence-electron chi connectivity index (χ1n) is 15.3.